The molecule has 0 fully saturated rings. The van der Waals surface area contributed by atoms with Crippen molar-refractivity contribution in [2.24, 2.45) is 0 Å². The summed E-state index contributed by atoms with van der Waals surface area (Å²) in [7, 11) is 0. The molecule has 204 valence electrons. The van der Waals surface area contributed by atoms with E-state index < -0.39 is 0 Å². The van der Waals surface area contributed by atoms with E-state index in [-0.39, 0.29) is 0 Å². The fourth-order valence-electron chi connectivity index (χ4n) is 6.00. The summed E-state index contributed by atoms with van der Waals surface area (Å²) in [5, 5.41) is 4.67. The summed E-state index contributed by atoms with van der Waals surface area (Å²) in [5.74, 6) is 0.721. The van der Waals surface area contributed by atoms with Gasteiger partial charge in [-0.15, -0.1) is 0 Å². The molecule has 43 heavy (non-hydrogen) atoms. The minimum atomic E-state index is 0.721. The maximum absolute atomic E-state index is 5.03. The zero-order chi connectivity index (χ0) is 28.6. The van der Waals surface area contributed by atoms with Crippen LogP contribution in [0.3, 0.4) is 0 Å². The van der Waals surface area contributed by atoms with Crippen LogP contribution in [-0.2, 0) is 6.54 Å². The number of fused-ring (bicyclic) bond motifs is 3. The first kappa shape index (κ1) is 25.0. The summed E-state index contributed by atoms with van der Waals surface area (Å²) < 4.78 is 2.37. The minimum Gasteiger partial charge on any atom is -0.385 e. The van der Waals surface area contributed by atoms with Crippen LogP contribution in [0.5, 0.6) is 0 Å². The van der Waals surface area contributed by atoms with Crippen LogP contribution in [0.2, 0.25) is 0 Å². The van der Waals surface area contributed by atoms with Crippen molar-refractivity contribution < 1.29 is 0 Å². The highest BCUT2D eigenvalue weighted by molar-refractivity contribution is 5.93. The second-order valence-corrected chi connectivity index (χ2v) is 10.7. The van der Waals surface area contributed by atoms with Crippen LogP contribution in [0, 0.1) is 0 Å². The number of hydrogen-bond acceptors (Lipinski definition) is 3. The molecule has 4 nitrogen and oxygen atoms in total. The van der Waals surface area contributed by atoms with Crippen molar-refractivity contribution >= 4 is 17.0 Å². The van der Waals surface area contributed by atoms with Gasteiger partial charge >= 0.3 is 0 Å². The average Bonchev–Trinajstić information content (AvgIpc) is 3.43. The van der Waals surface area contributed by atoms with E-state index in [0.29, 0.717) is 0 Å². The molecule has 0 saturated heterocycles. The van der Waals surface area contributed by atoms with Crippen molar-refractivity contribution in [1.29, 1.82) is 0 Å². The van der Waals surface area contributed by atoms with Crippen LogP contribution < -0.4 is 5.32 Å². The molecule has 0 atom stereocenters. The maximum Gasteiger partial charge on any atom is 0.160 e. The van der Waals surface area contributed by atoms with Crippen LogP contribution in [0.15, 0.2) is 146 Å². The molecule has 5 aromatic carbocycles. The van der Waals surface area contributed by atoms with Gasteiger partial charge in [-0.1, -0.05) is 109 Å². The SMILES string of the molecule is C1=Cc2c(n(-c3ccc(-c4cccc(-c5cc(-c6ccccc6)nc(-c6ccccc6)n5)c4)cc3)c3ccccc23)CN1. The molecule has 8 rings (SSSR count). The number of aromatic nitrogens is 3. The number of nitrogens with zero attached hydrogens (tertiary/aromatic N) is 3. The number of benzene rings is 5. The quantitative estimate of drug-likeness (QED) is 0.232. The van der Waals surface area contributed by atoms with Crippen LogP contribution in [0.1, 0.15) is 11.3 Å². The lowest BCUT2D eigenvalue weighted by molar-refractivity contribution is 0.803. The zero-order valence-corrected chi connectivity index (χ0v) is 23.5. The summed E-state index contributed by atoms with van der Waals surface area (Å²) in [6.45, 7) is 0.805. The van der Waals surface area contributed by atoms with E-state index >= 15 is 0 Å². The minimum absolute atomic E-state index is 0.721. The highest BCUT2D eigenvalue weighted by atomic mass is 15.0. The Morgan fingerprint density at radius 3 is 1.98 bits per heavy atom. The molecule has 0 unspecified atom stereocenters. The van der Waals surface area contributed by atoms with Crippen molar-refractivity contribution in [2.75, 3.05) is 0 Å². The van der Waals surface area contributed by atoms with E-state index in [9.17, 15) is 0 Å². The monoisotopic (exact) mass is 552 g/mol. The molecule has 0 saturated carbocycles. The first-order valence-corrected chi connectivity index (χ1v) is 14.6. The van der Waals surface area contributed by atoms with Crippen molar-refractivity contribution in [3.63, 3.8) is 0 Å². The molecule has 1 aliphatic rings. The van der Waals surface area contributed by atoms with Crippen LogP contribution in [-0.4, -0.2) is 14.5 Å². The van der Waals surface area contributed by atoms with E-state index in [1.807, 2.05) is 42.6 Å². The smallest absolute Gasteiger partial charge is 0.160 e. The largest absolute Gasteiger partial charge is 0.385 e. The Balaban J connectivity index is 1.19. The standard InChI is InChI=1S/C39H28N4/c1-3-10-28(11-4-1)35-25-36(42-39(41-35)29-12-5-2-6-13-29)31-15-9-14-30(24-31)27-18-20-32(21-19-27)43-37-17-8-7-16-33(37)34-22-23-40-26-38(34)43/h1-25,40H,26H2. The fraction of sp³-hybridized carbons (Fsp3) is 0.0256. The van der Waals surface area contributed by atoms with Gasteiger partial charge < -0.3 is 9.88 Å². The third-order valence-corrected chi connectivity index (χ3v) is 8.10. The number of nitrogens with one attached hydrogen (secondary N) is 1. The summed E-state index contributed by atoms with van der Waals surface area (Å²) in [5.41, 5.74) is 12.2. The van der Waals surface area contributed by atoms with Gasteiger partial charge in [0.05, 0.1) is 29.1 Å². The first-order chi connectivity index (χ1) is 21.3. The van der Waals surface area contributed by atoms with Gasteiger partial charge in [0.2, 0.25) is 0 Å². The molecule has 4 heteroatoms. The second-order valence-electron chi connectivity index (χ2n) is 10.7. The van der Waals surface area contributed by atoms with Gasteiger partial charge in [-0.05, 0) is 53.7 Å². The zero-order valence-electron chi connectivity index (χ0n) is 23.5. The van der Waals surface area contributed by atoms with Gasteiger partial charge in [0.15, 0.2) is 5.82 Å². The predicted molar refractivity (Wildman–Crippen MR) is 176 cm³/mol. The lowest BCUT2D eigenvalue weighted by Crippen LogP contribution is -2.13. The Bertz CT molecular complexity index is 2050. The molecular weight excluding hydrogens is 524 g/mol. The normalized spacial score (nSPS) is 12.2. The lowest BCUT2D eigenvalue weighted by atomic mass is 10.00. The van der Waals surface area contributed by atoms with Gasteiger partial charge in [0.25, 0.3) is 0 Å². The van der Waals surface area contributed by atoms with Crippen LogP contribution in [0.25, 0.3) is 67.7 Å². The molecule has 3 heterocycles. The van der Waals surface area contributed by atoms with Gasteiger partial charge in [-0.2, -0.15) is 0 Å². The molecular formula is C39H28N4. The molecule has 2 aromatic heterocycles. The maximum atomic E-state index is 5.03. The molecule has 1 N–H and O–H groups in total. The third kappa shape index (κ3) is 4.59. The van der Waals surface area contributed by atoms with Crippen molar-refractivity contribution in [2.45, 2.75) is 6.54 Å². The van der Waals surface area contributed by atoms with E-state index in [1.54, 1.807) is 0 Å². The average molecular weight is 553 g/mol. The topological polar surface area (TPSA) is 42.7 Å². The number of hydrogen-bond donors (Lipinski definition) is 1. The molecule has 0 aliphatic carbocycles. The number of para-hydroxylation sites is 1. The van der Waals surface area contributed by atoms with Crippen LogP contribution >= 0.6 is 0 Å². The Morgan fingerprint density at radius 1 is 0.535 bits per heavy atom. The van der Waals surface area contributed by atoms with Gasteiger partial charge in [0.1, 0.15) is 0 Å². The Labute approximate surface area is 250 Å². The van der Waals surface area contributed by atoms with E-state index in [1.165, 1.54) is 22.2 Å². The Hall–Kier alpha value is -5.74. The molecule has 1 aliphatic heterocycles. The van der Waals surface area contributed by atoms with Crippen molar-refractivity contribution in [3.05, 3.63) is 157 Å². The van der Waals surface area contributed by atoms with Gasteiger partial charge in [-0.3, -0.25) is 0 Å². The molecule has 0 bridgehead atoms. The molecule has 0 spiro atoms. The fourth-order valence-corrected chi connectivity index (χ4v) is 6.00. The second kappa shape index (κ2) is 10.6. The first-order valence-electron chi connectivity index (χ1n) is 14.6. The van der Waals surface area contributed by atoms with Crippen LogP contribution in [0.4, 0.5) is 0 Å². The highest BCUT2D eigenvalue weighted by Crippen LogP contribution is 2.34. The third-order valence-electron chi connectivity index (χ3n) is 8.10. The molecule has 0 amide bonds. The Kier molecular flexibility index (Phi) is 6.16. The summed E-state index contributed by atoms with van der Waals surface area (Å²) in [6, 6.07) is 48.7. The molecule has 0 radical (unpaired) electrons. The highest BCUT2D eigenvalue weighted by Gasteiger charge is 2.18. The van der Waals surface area contributed by atoms with E-state index in [2.05, 4.69) is 119 Å². The predicted octanol–water partition coefficient (Wildman–Crippen LogP) is 9.16. The summed E-state index contributed by atoms with van der Waals surface area (Å²) in [6.07, 6.45) is 4.22. The van der Waals surface area contributed by atoms with Gasteiger partial charge in [0, 0.05) is 33.3 Å². The van der Waals surface area contributed by atoms with Gasteiger partial charge in [-0.25, -0.2) is 9.97 Å². The Morgan fingerprint density at radius 2 is 1.19 bits per heavy atom. The molecule has 7 aromatic rings. The van der Waals surface area contributed by atoms with E-state index in [4.69, 9.17) is 9.97 Å². The van der Waals surface area contributed by atoms with Crippen molar-refractivity contribution in [3.8, 4) is 50.7 Å². The lowest BCUT2D eigenvalue weighted by Gasteiger charge is -2.15. The summed E-state index contributed by atoms with van der Waals surface area (Å²) in [4.78, 5) is 9.97. The van der Waals surface area contributed by atoms with Crippen molar-refractivity contribution in [1.82, 2.24) is 19.9 Å². The number of rotatable bonds is 5. The summed E-state index contributed by atoms with van der Waals surface area (Å²) >= 11 is 0. The van der Waals surface area contributed by atoms with E-state index in [0.717, 1.165) is 57.3 Å².